The van der Waals surface area contributed by atoms with Gasteiger partial charge in [0.05, 0.1) is 0 Å². The van der Waals surface area contributed by atoms with Crippen LogP contribution in [-0.4, -0.2) is 30.1 Å². The Balaban J connectivity index is 3.13. The number of aliphatic hydroxyl groups excluding tert-OH is 1. The first-order valence-corrected chi connectivity index (χ1v) is 3.32. The average Bonchev–Trinajstić information content (AvgIpc) is 1.89. The van der Waals surface area contributed by atoms with Gasteiger partial charge in [-0.3, -0.25) is 5.43 Å². The van der Waals surface area contributed by atoms with Crippen LogP contribution in [0.4, 0.5) is 0 Å². The lowest BCUT2D eigenvalue weighted by molar-refractivity contribution is 0.289. The van der Waals surface area contributed by atoms with Crippen molar-refractivity contribution in [1.82, 2.24) is 10.7 Å². The summed E-state index contributed by atoms with van der Waals surface area (Å²) in [6.45, 7) is 4.01. The summed E-state index contributed by atoms with van der Waals surface area (Å²) in [5.74, 6) is 0. The number of nitrogens with zero attached hydrogens (tertiary/aromatic N) is 1. The molecule has 0 aromatic carbocycles. The van der Waals surface area contributed by atoms with E-state index in [1.165, 1.54) is 0 Å². The molecule has 0 aliphatic rings. The van der Waals surface area contributed by atoms with Crippen molar-refractivity contribution >= 4 is 24.0 Å². The van der Waals surface area contributed by atoms with Crippen LogP contribution in [0.5, 0.6) is 0 Å². The van der Waals surface area contributed by atoms with E-state index < -0.39 is 0 Å². The smallest absolute Gasteiger partial charge is 0.186 e. The molecule has 0 bridgehead atoms. The largest absolute Gasteiger partial charge is 0.396 e. The zero-order valence-electron chi connectivity index (χ0n) is 5.63. The summed E-state index contributed by atoms with van der Waals surface area (Å²) >= 11 is 4.73. The fourth-order valence-electron chi connectivity index (χ4n) is 0.392. The number of hydrogen-bond donors (Lipinski definition) is 3. The molecule has 58 valence electrons. The second-order valence-corrected chi connectivity index (χ2v) is 2.01. The third kappa shape index (κ3) is 5.46. The van der Waals surface area contributed by atoms with Gasteiger partial charge < -0.3 is 10.4 Å². The lowest BCUT2D eigenvalue weighted by Gasteiger charge is -2.03. The van der Waals surface area contributed by atoms with Crippen molar-refractivity contribution in [2.75, 3.05) is 13.2 Å². The van der Waals surface area contributed by atoms with Gasteiger partial charge >= 0.3 is 0 Å². The van der Waals surface area contributed by atoms with Crippen LogP contribution in [0, 0.1) is 0 Å². The molecule has 0 fully saturated rings. The first-order chi connectivity index (χ1) is 4.81. The van der Waals surface area contributed by atoms with E-state index in [0.29, 0.717) is 18.1 Å². The zero-order chi connectivity index (χ0) is 7.82. The molecular formula is C5H11N3OS. The van der Waals surface area contributed by atoms with E-state index in [0.717, 1.165) is 0 Å². The molecule has 10 heavy (non-hydrogen) atoms. The number of hydrazone groups is 1. The van der Waals surface area contributed by atoms with E-state index in [1.54, 1.807) is 0 Å². The molecule has 0 rings (SSSR count). The van der Waals surface area contributed by atoms with Crippen molar-refractivity contribution in [3.8, 4) is 0 Å². The van der Waals surface area contributed by atoms with Gasteiger partial charge in [0.2, 0.25) is 0 Å². The third-order valence-electron chi connectivity index (χ3n) is 0.801. The predicted octanol–water partition coefficient (Wildman–Crippen LogP) is -0.552. The minimum atomic E-state index is 0.164. The second kappa shape index (κ2) is 6.44. The molecule has 0 saturated heterocycles. The molecule has 5 heteroatoms. The maximum Gasteiger partial charge on any atom is 0.186 e. The summed E-state index contributed by atoms with van der Waals surface area (Å²) in [5, 5.41) is 15.0. The minimum Gasteiger partial charge on any atom is -0.396 e. The Labute approximate surface area is 65.3 Å². The highest BCUT2D eigenvalue weighted by Crippen LogP contribution is 1.72. The molecule has 3 N–H and O–H groups in total. The quantitative estimate of drug-likeness (QED) is 0.224. The van der Waals surface area contributed by atoms with Crippen LogP contribution in [0.25, 0.3) is 0 Å². The summed E-state index contributed by atoms with van der Waals surface area (Å²) in [4.78, 5) is 0. The molecule has 0 spiro atoms. The Morgan fingerprint density at radius 3 is 2.90 bits per heavy atom. The monoisotopic (exact) mass is 161 g/mol. The highest BCUT2D eigenvalue weighted by Gasteiger charge is 1.88. The molecule has 0 unspecified atom stereocenters. The SMILES string of the molecule is C=NNC(=S)NCCCO. The van der Waals surface area contributed by atoms with Crippen LogP contribution in [0.1, 0.15) is 6.42 Å². The van der Waals surface area contributed by atoms with E-state index in [-0.39, 0.29) is 6.61 Å². The molecular weight excluding hydrogens is 150 g/mol. The van der Waals surface area contributed by atoms with Crippen molar-refractivity contribution < 1.29 is 5.11 Å². The minimum absolute atomic E-state index is 0.164. The molecule has 0 radical (unpaired) electrons. The van der Waals surface area contributed by atoms with E-state index in [2.05, 4.69) is 22.6 Å². The topological polar surface area (TPSA) is 56.7 Å². The molecule has 0 aliphatic carbocycles. The van der Waals surface area contributed by atoms with E-state index in [4.69, 9.17) is 17.3 Å². The lowest BCUT2D eigenvalue weighted by atomic mass is 10.5. The van der Waals surface area contributed by atoms with E-state index >= 15 is 0 Å². The standard InChI is InChI=1S/C5H11N3OS/c1-6-8-5(10)7-3-2-4-9/h9H,1-4H2,(H2,7,8,10). The van der Waals surface area contributed by atoms with Crippen molar-refractivity contribution in [3.05, 3.63) is 0 Å². The van der Waals surface area contributed by atoms with E-state index in [9.17, 15) is 0 Å². The van der Waals surface area contributed by atoms with Crippen molar-refractivity contribution in [2.24, 2.45) is 5.10 Å². The van der Waals surface area contributed by atoms with Crippen LogP contribution < -0.4 is 10.7 Å². The van der Waals surface area contributed by atoms with Gasteiger partial charge in [-0.15, -0.1) is 0 Å². The fourth-order valence-corrected chi connectivity index (χ4v) is 0.559. The number of rotatable bonds is 4. The molecule has 0 aliphatic heterocycles. The van der Waals surface area contributed by atoms with Gasteiger partial charge in [0.15, 0.2) is 5.11 Å². The molecule has 0 saturated carbocycles. The third-order valence-corrected chi connectivity index (χ3v) is 1.04. The maximum absolute atomic E-state index is 8.37. The Morgan fingerprint density at radius 1 is 1.70 bits per heavy atom. The molecule has 0 aromatic rings. The molecule has 0 atom stereocenters. The lowest BCUT2D eigenvalue weighted by Crippen LogP contribution is -2.32. The number of nitrogens with one attached hydrogen (secondary N) is 2. The summed E-state index contributed by atoms with van der Waals surface area (Å²) in [5.41, 5.74) is 2.46. The molecule has 0 heterocycles. The van der Waals surface area contributed by atoms with Gasteiger partial charge in [-0.25, -0.2) is 0 Å². The van der Waals surface area contributed by atoms with Gasteiger partial charge in [-0.05, 0) is 18.6 Å². The van der Waals surface area contributed by atoms with Gasteiger partial charge in [0.1, 0.15) is 0 Å². The average molecular weight is 161 g/mol. The predicted molar refractivity (Wildman–Crippen MR) is 45.0 cm³/mol. The van der Waals surface area contributed by atoms with E-state index in [1.807, 2.05) is 0 Å². The number of aliphatic hydroxyl groups is 1. The van der Waals surface area contributed by atoms with Crippen LogP contribution in [0.15, 0.2) is 5.10 Å². The zero-order valence-corrected chi connectivity index (χ0v) is 6.45. The van der Waals surface area contributed by atoms with Crippen LogP contribution in [-0.2, 0) is 0 Å². The fraction of sp³-hybridized carbons (Fsp3) is 0.600. The van der Waals surface area contributed by atoms with Crippen molar-refractivity contribution in [2.45, 2.75) is 6.42 Å². The summed E-state index contributed by atoms with van der Waals surface area (Å²) in [7, 11) is 0. The Kier molecular flexibility index (Phi) is 6.00. The van der Waals surface area contributed by atoms with Crippen LogP contribution in [0.2, 0.25) is 0 Å². The normalized spacial score (nSPS) is 8.50. The van der Waals surface area contributed by atoms with Gasteiger partial charge in [0, 0.05) is 19.9 Å². The summed E-state index contributed by atoms with van der Waals surface area (Å²) in [6, 6.07) is 0. The van der Waals surface area contributed by atoms with Crippen molar-refractivity contribution in [1.29, 1.82) is 0 Å². The molecule has 0 amide bonds. The summed E-state index contributed by atoms with van der Waals surface area (Å²) in [6.07, 6.45) is 0.680. The Morgan fingerprint density at radius 2 is 2.40 bits per heavy atom. The van der Waals surface area contributed by atoms with Gasteiger partial charge in [-0.2, -0.15) is 5.10 Å². The first kappa shape index (κ1) is 9.32. The van der Waals surface area contributed by atoms with Crippen LogP contribution >= 0.6 is 12.2 Å². The molecule has 4 nitrogen and oxygen atoms in total. The van der Waals surface area contributed by atoms with Gasteiger partial charge in [0.25, 0.3) is 0 Å². The first-order valence-electron chi connectivity index (χ1n) is 2.91. The Bertz CT molecular complexity index is 117. The summed E-state index contributed by atoms with van der Waals surface area (Å²) < 4.78 is 0. The molecule has 0 aromatic heterocycles. The van der Waals surface area contributed by atoms with Crippen LogP contribution in [0.3, 0.4) is 0 Å². The van der Waals surface area contributed by atoms with Crippen molar-refractivity contribution in [3.63, 3.8) is 0 Å². The second-order valence-electron chi connectivity index (χ2n) is 1.60. The Hall–Kier alpha value is -0.680. The number of thiocarbonyl (C=S) groups is 1. The highest BCUT2D eigenvalue weighted by atomic mass is 32.1. The number of hydrogen-bond acceptors (Lipinski definition) is 3. The highest BCUT2D eigenvalue weighted by molar-refractivity contribution is 7.80. The van der Waals surface area contributed by atoms with Gasteiger partial charge in [-0.1, -0.05) is 0 Å². The maximum atomic E-state index is 8.37.